The normalized spacial score (nSPS) is 16.6. The highest BCUT2D eigenvalue weighted by atomic mass is 32.1. The Balaban J connectivity index is 1.59. The van der Waals surface area contributed by atoms with Crippen molar-refractivity contribution in [1.29, 1.82) is 0 Å². The van der Waals surface area contributed by atoms with Crippen LogP contribution in [0.2, 0.25) is 0 Å². The van der Waals surface area contributed by atoms with Gasteiger partial charge in [-0.15, -0.1) is 22.7 Å². The third-order valence-electron chi connectivity index (χ3n) is 4.92. The van der Waals surface area contributed by atoms with E-state index in [9.17, 15) is 4.79 Å². The van der Waals surface area contributed by atoms with Crippen molar-refractivity contribution in [3.63, 3.8) is 0 Å². The predicted molar refractivity (Wildman–Crippen MR) is 107 cm³/mol. The summed E-state index contributed by atoms with van der Waals surface area (Å²) in [5, 5.41) is 2.14. The van der Waals surface area contributed by atoms with Crippen LogP contribution in [0.15, 0.2) is 65.5 Å². The second-order valence-corrected chi connectivity index (χ2v) is 8.28. The van der Waals surface area contributed by atoms with Crippen molar-refractivity contribution < 1.29 is 4.79 Å². The molecule has 0 radical (unpaired) electrons. The number of thiazole rings is 1. The lowest BCUT2D eigenvalue weighted by Crippen LogP contribution is -2.40. The number of fused-ring (bicyclic) bond motifs is 2. The summed E-state index contributed by atoms with van der Waals surface area (Å²) in [7, 11) is 0. The van der Waals surface area contributed by atoms with Crippen LogP contribution in [0.5, 0.6) is 0 Å². The van der Waals surface area contributed by atoms with Crippen LogP contribution in [-0.4, -0.2) is 22.3 Å². The van der Waals surface area contributed by atoms with E-state index in [-0.39, 0.29) is 11.9 Å². The summed E-state index contributed by atoms with van der Waals surface area (Å²) in [6.07, 6.45) is 0.922. The molecule has 0 fully saturated rings. The Morgan fingerprint density at radius 1 is 1.08 bits per heavy atom. The lowest BCUT2D eigenvalue weighted by Gasteiger charge is -2.36. The molecule has 5 rings (SSSR count). The second kappa shape index (κ2) is 6.34. The van der Waals surface area contributed by atoms with Gasteiger partial charge in [-0.2, -0.15) is 0 Å². The molecule has 0 bridgehead atoms. The average Bonchev–Trinajstić information content (AvgIpc) is 3.35. The standard InChI is InChI=1S/C21H16N2OS2/c24-21(15-6-7-17-19(12-15)26-13-22-17)23-10-8-18-16(9-11-25-18)20(23)14-4-2-1-3-5-14/h1-7,9,11-13,20H,8,10H2/t20-/m1/s1. The third-order valence-corrected chi connectivity index (χ3v) is 6.71. The summed E-state index contributed by atoms with van der Waals surface area (Å²) in [6.45, 7) is 0.743. The fourth-order valence-electron chi connectivity index (χ4n) is 3.68. The van der Waals surface area contributed by atoms with Crippen molar-refractivity contribution in [2.45, 2.75) is 12.5 Å². The Morgan fingerprint density at radius 2 is 1.96 bits per heavy atom. The van der Waals surface area contributed by atoms with Crippen LogP contribution in [0.25, 0.3) is 10.2 Å². The topological polar surface area (TPSA) is 33.2 Å². The van der Waals surface area contributed by atoms with Gasteiger partial charge in [0.1, 0.15) is 0 Å². The van der Waals surface area contributed by atoms with E-state index in [1.54, 1.807) is 22.7 Å². The highest BCUT2D eigenvalue weighted by Crippen LogP contribution is 2.38. The number of amides is 1. The minimum atomic E-state index is -0.0177. The molecule has 1 aliphatic rings. The summed E-state index contributed by atoms with van der Waals surface area (Å²) in [5.41, 5.74) is 5.94. The number of hydrogen-bond acceptors (Lipinski definition) is 4. The van der Waals surface area contributed by atoms with Crippen LogP contribution in [0.1, 0.15) is 32.4 Å². The molecule has 128 valence electrons. The fourth-order valence-corrected chi connectivity index (χ4v) is 5.30. The van der Waals surface area contributed by atoms with E-state index in [0.29, 0.717) is 0 Å². The Labute approximate surface area is 159 Å². The van der Waals surface area contributed by atoms with E-state index in [1.807, 2.05) is 46.8 Å². The molecule has 4 aromatic rings. The molecule has 3 nitrogen and oxygen atoms in total. The maximum absolute atomic E-state index is 13.4. The number of benzene rings is 2. The van der Waals surface area contributed by atoms with E-state index < -0.39 is 0 Å². The zero-order valence-corrected chi connectivity index (χ0v) is 15.6. The molecule has 0 saturated heterocycles. The van der Waals surface area contributed by atoms with Crippen molar-refractivity contribution in [2.24, 2.45) is 0 Å². The Kier molecular flexibility index (Phi) is 3.84. The van der Waals surface area contributed by atoms with Gasteiger partial charge in [0.05, 0.1) is 21.8 Å². The quantitative estimate of drug-likeness (QED) is 0.485. The van der Waals surface area contributed by atoms with Gasteiger partial charge < -0.3 is 4.90 Å². The molecule has 2 aromatic heterocycles. The molecule has 5 heteroatoms. The van der Waals surface area contributed by atoms with Crippen molar-refractivity contribution in [3.05, 3.63) is 87.1 Å². The summed E-state index contributed by atoms with van der Waals surface area (Å²) in [5.74, 6) is 0.0889. The highest BCUT2D eigenvalue weighted by Gasteiger charge is 2.33. The van der Waals surface area contributed by atoms with Gasteiger partial charge in [0.15, 0.2) is 0 Å². The van der Waals surface area contributed by atoms with E-state index in [4.69, 9.17) is 0 Å². The minimum Gasteiger partial charge on any atom is -0.327 e. The van der Waals surface area contributed by atoms with E-state index in [0.717, 1.165) is 28.7 Å². The summed E-state index contributed by atoms with van der Waals surface area (Å²) < 4.78 is 1.06. The Morgan fingerprint density at radius 3 is 2.85 bits per heavy atom. The molecule has 1 aliphatic heterocycles. The number of thiophene rings is 1. The van der Waals surface area contributed by atoms with Crippen LogP contribution in [0.4, 0.5) is 0 Å². The molecular formula is C21H16N2OS2. The second-order valence-electron chi connectivity index (χ2n) is 6.40. The van der Waals surface area contributed by atoms with Crippen LogP contribution in [0, 0.1) is 0 Å². The summed E-state index contributed by atoms with van der Waals surface area (Å²) in [6, 6.07) is 18.3. The predicted octanol–water partition coefficient (Wildman–Crippen LogP) is 5.15. The van der Waals surface area contributed by atoms with Gasteiger partial charge in [-0.1, -0.05) is 30.3 Å². The van der Waals surface area contributed by atoms with Crippen LogP contribution in [0.3, 0.4) is 0 Å². The van der Waals surface area contributed by atoms with Crippen molar-refractivity contribution in [2.75, 3.05) is 6.54 Å². The first-order chi connectivity index (χ1) is 12.8. The average molecular weight is 377 g/mol. The lowest BCUT2D eigenvalue weighted by molar-refractivity contribution is 0.0696. The molecule has 2 aromatic carbocycles. The first kappa shape index (κ1) is 15.7. The zero-order valence-electron chi connectivity index (χ0n) is 14.0. The number of carbonyl (C=O) groups excluding carboxylic acids is 1. The third kappa shape index (κ3) is 2.55. The van der Waals surface area contributed by atoms with Crippen LogP contribution >= 0.6 is 22.7 Å². The van der Waals surface area contributed by atoms with Crippen LogP contribution < -0.4 is 0 Å². The smallest absolute Gasteiger partial charge is 0.254 e. The van der Waals surface area contributed by atoms with Gasteiger partial charge in [0.25, 0.3) is 5.91 Å². The van der Waals surface area contributed by atoms with Gasteiger partial charge in [-0.05, 0) is 47.2 Å². The first-order valence-electron chi connectivity index (χ1n) is 8.57. The lowest BCUT2D eigenvalue weighted by atomic mass is 9.92. The molecule has 3 heterocycles. The minimum absolute atomic E-state index is 0.0177. The number of hydrogen-bond donors (Lipinski definition) is 0. The number of rotatable bonds is 2. The molecule has 0 spiro atoms. The van der Waals surface area contributed by atoms with Gasteiger partial charge >= 0.3 is 0 Å². The van der Waals surface area contributed by atoms with Crippen molar-refractivity contribution in [1.82, 2.24) is 9.88 Å². The molecule has 26 heavy (non-hydrogen) atoms. The van der Waals surface area contributed by atoms with Gasteiger partial charge in [0, 0.05) is 17.0 Å². The molecule has 0 aliphatic carbocycles. The maximum atomic E-state index is 13.4. The Hall–Kier alpha value is -2.50. The molecule has 0 N–H and O–H groups in total. The first-order valence-corrected chi connectivity index (χ1v) is 10.3. The molecule has 0 saturated carbocycles. The fraction of sp³-hybridized carbons (Fsp3) is 0.143. The van der Waals surface area contributed by atoms with E-state index in [1.165, 1.54) is 16.0 Å². The van der Waals surface area contributed by atoms with Gasteiger partial charge in [0.2, 0.25) is 0 Å². The van der Waals surface area contributed by atoms with Crippen molar-refractivity contribution >= 4 is 38.8 Å². The monoisotopic (exact) mass is 376 g/mol. The molecule has 1 amide bonds. The summed E-state index contributed by atoms with van der Waals surface area (Å²) in [4.78, 5) is 21.1. The van der Waals surface area contributed by atoms with Gasteiger partial charge in [-0.25, -0.2) is 4.98 Å². The zero-order chi connectivity index (χ0) is 17.5. The molecule has 0 unspecified atom stereocenters. The highest BCUT2D eigenvalue weighted by molar-refractivity contribution is 7.16. The summed E-state index contributed by atoms with van der Waals surface area (Å²) >= 11 is 3.36. The number of aromatic nitrogens is 1. The number of nitrogens with zero attached hydrogens (tertiary/aromatic N) is 2. The Bertz CT molecular complexity index is 1080. The van der Waals surface area contributed by atoms with Gasteiger partial charge in [-0.3, -0.25) is 4.79 Å². The van der Waals surface area contributed by atoms with E-state index in [2.05, 4.69) is 28.6 Å². The largest absolute Gasteiger partial charge is 0.327 e. The SMILES string of the molecule is O=C(c1ccc2ncsc2c1)N1CCc2sccc2[C@H]1c1ccccc1. The number of carbonyl (C=O) groups is 1. The van der Waals surface area contributed by atoms with E-state index >= 15 is 0 Å². The van der Waals surface area contributed by atoms with Crippen LogP contribution in [-0.2, 0) is 6.42 Å². The molecular weight excluding hydrogens is 360 g/mol. The maximum Gasteiger partial charge on any atom is 0.254 e. The van der Waals surface area contributed by atoms with Crippen molar-refractivity contribution in [3.8, 4) is 0 Å². The molecule has 1 atom stereocenters.